The molecule has 0 saturated carbocycles. The fraction of sp³-hybridized carbons (Fsp3) is 0.278. The van der Waals surface area contributed by atoms with Crippen LogP contribution in [-0.2, 0) is 5.41 Å². The van der Waals surface area contributed by atoms with Gasteiger partial charge < -0.3 is 10.7 Å². The number of rotatable bonds is 2. The number of fused-ring (bicyclic) bond motifs is 1. The number of nitrogens with one attached hydrogen (secondary N) is 1. The maximum absolute atomic E-state index is 5.78. The van der Waals surface area contributed by atoms with Crippen LogP contribution in [-0.4, -0.2) is 9.97 Å². The fourth-order valence-electron chi connectivity index (χ4n) is 2.80. The molecule has 3 N–H and O–H groups in total. The summed E-state index contributed by atoms with van der Waals surface area (Å²) in [6.45, 7) is 8.57. The third-order valence-electron chi connectivity index (χ3n) is 4.15. The standard InChI is InChI=1S/C18H21N3/c1-11-9-12(2)16-15(10-11)20-17(21-16)18(3,4)13-5-7-14(19)8-6-13/h5-10H,19H2,1-4H3,(H,20,21). The number of aromatic nitrogens is 2. The van der Waals surface area contributed by atoms with E-state index in [1.807, 2.05) is 12.1 Å². The zero-order chi connectivity index (χ0) is 15.2. The quantitative estimate of drug-likeness (QED) is 0.694. The Hall–Kier alpha value is -2.29. The number of H-pyrrole nitrogens is 1. The van der Waals surface area contributed by atoms with Crippen LogP contribution in [0.2, 0.25) is 0 Å². The van der Waals surface area contributed by atoms with Crippen LogP contribution < -0.4 is 5.73 Å². The molecule has 0 radical (unpaired) electrons. The Morgan fingerprint density at radius 3 is 2.38 bits per heavy atom. The molecule has 0 saturated heterocycles. The summed E-state index contributed by atoms with van der Waals surface area (Å²) in [5.41, 5.74) is 12.2. The molecule has 0 spiro atoms. The van der Waals surface area contributed by atoms with Crippen molar-refractivity contribution in [1.82, 2.24) is 9.97 Å². The summed E-state index contributed by atoms with van der Waals surface area (Å²) in [4.78, 5) is 8.33. The number of nitrogen functional groups attached to an aromatic ring is 1. The molecule has 3 rings (SSSR count). The van der Waals surface area contributed by atoms with Gasteiger partial charge in [-0.1, -0.05) is 18.2 Å². The highest BCUT2D eigenvalue weighted by Crippen LogP contribution is 2.32. The molecular formula is C18H21N3. The van der Waals surface area contributed by atoms with Gasteiger partial charge in [-0.2, -0.15) is 0 Å². The number of aryl methyl sites for hydroxylation is 2. The van der Waals surface area contributed by atoms with Crippen molar-refractivity contribution < 1.29 is 0 Å². The SMILES string of the molecule is Cc1cc(C)c2nc(C(C)(C)c3ccc(N)cc3)[nH]c2c1. The predicted octanol–water partition coefficient (Wildman–Crippen LogP) is 4.09. The monoisotopic (exact) mass is 279 g/mol. The Morgan fingerprint density at radius 2 is 1.71 bits per heavy atom. The van der Waals surface area contributed by atoms with E-state index in [-0.39, 0.29) is 5.41 Å². The summed E-state index contributed by atoms with van der Waals surface area (Å²) in [7, 11) is 0. The summed E-state index contributed by atoms with van der Waals surface area (Å²) in [5.74, 6) is 0.982. The first kappa shape index (κ1) is 13.7. The third-order valence-corrected chi connectivity index (χ3v) is 4.15. The van der Waals surface area contributed by atoms with Crippen LogP contribution in [0.15, 0.2) is 36.4 Å². The van der Waals surface area contributed by atoms with Crippen LogP contribution in [0.3, 0.4) is 0 Å². The van der Waals surface area contributed by atoms with Gasteiger partial charge in [-0.3, -0.25) is 0 Å². The Bertz CT molecular complexity index is 795. The van der Waals surface area contributed by atoms with Crippen molar-refractivity contribution in [3.05, 3.63) is 58.9 Å². The van der Waals surface area contributed by atoms with Crippen LogP contribution in [0.5, 0.6) is 0 Å². The number of hydrogen-bond acceptors (Lipinski definition) is 2. The summed E-state index contributed by atoms with van der Waals surface area (Å²) < 4.78 is 0. The maximum atomic E-state index is 5.78. The van der Waals surface area contributed by atoms with E-state index < -0.39 is 0 Å². The van der Waals surface area contributed by atoms with Gasteiger partial charge in [-0.25, -0.2) is 4.98 Å². The molecule has 1 heterocycles. The van der Waals surface area contributed by atoms with Crippen LogP contribution in [0.25, 0.3) is 11.0 Å². The van der Waals surface area contributed by atoms with Crippen molar-refractivity contribution in [1.29, 1.82) is 0 Å². The van der Waals surface area contributed by atoms with E-state index in [1.165, 1.54) is 16.7 Å². The van der Waals surface area contributed by atoms with E-state index in [0.29, 0.717) is 0 Å². The van der Waals surface area contributed by atoms with E-state index in [9.17, 15) is 0 Å². The summed E-state index contributed by atoms with van der Waals surface area (Å²) >= 11 is 0. The van der Waals surface area contributed by atoms with Gasteiger partial charge in [0.15, 0.2) is 0 Å². The Morgan fingerprint density at radius 1 is 1.05 bits per heavy atom. The average Bonchev–Trinajstić information content (AvgIpc) is 2.84. The molecule has 0 fully saturated rings. The topological polar surface area (TPSA) is 54.7 Å². The molecule has 0 aliphatic rings. The molecule has 0 amide bonds. The second kappa shape index (κ2) is 4.62. The van der Waals surface area contributed by atoms with Crippen molar-refractivity contribution in [2.24, 2.45) is 0 Å². The Kier molecular flexibility index (Phi) is 3.01. The largest absolute Gasteiger partial charge is 0.399 e. The lowest BCUT2D eigenvalue weighted by Gasteiger charge is -2.22. The van der Waals surface area contributed by atoms with Crippen LogP contribution >= 0.6 is 0 Å². The second-order valence-corrected chi connectivity index (χ2v) is 6.31. The number of imidazole rings is 1. The normalized spacial score (nSPS) is 12.0. The van der Waals surface area contributed by atoms with E-state index in [0.717, 1.165) is 22.5 Å². The molecule has 1 aromatic heterocycles. The molecular weight excluding hydrogens is 258 g/mol. The van der Waals surface area contributed by atoms with Gasteiger partial charge in [0.05, 0.1) is 11.0 Å². The molecule has 21 heavy (non-hydrogen) atoms. The number of nitrogens with zero attached hydrogens (tertiary/aromatic N) is 1. The summed E-state index contributed by atoms with van der Waals surface area (Å²) in [6, 6.07) is 12.3. The first-order valence-corrected chi connectivity index (χ1v) is 7.21. The highest BCUT2D eigenvalue weighted by Gasteiger charge is 2.27. The number of aromatic amines is 1. The number of benzene rings is 2. The molecule has 0 bridgehead atoms. The number of hydrogen-bond donors (Lipinski definition) is 2. The minimum atomic E-state index is -0.187. The molecule has 0 unspecified atom stereocenters. The van der Waals surface area contributed by atoms with Crippen LogP contribution in [0.1, 0.15) is 36.4 Å². The highest BCUT2D eigenvalue weighted by atomic mass is 14.9. The van der Waals surface area contributed by atoms with Gasteiger partial charge >= 0.3 is 0 Å². The lowest BCUT2D eigenvalue weighted by molar-refractivity contribution is 0.601. The molecule has 3 aromatic rings. The zero-order valence-corrected chi connectivity index (χ0v) is 13.0. The van der Waals surface area contributed by atoms with E-state index in [2.05, 4.69) is 56.9 Å². The van der Waals surface area contributed by atoms with Crippen molar-refractivity contribution in [3.8, 4) is 0 Å². The minimum Gasteiger partial charge on any atom is -0.399 e. The van der Waals surface area contributed by atoms with Crippen LogP contribution in [0.4, 0.5) is 5.69 Å². The first-order valence-electron chi connectivity index (χ1n) is 7.21. The van der Waals surface area contributed by atoms with Crippen molar-refractivity contribution in [2.75, 3.05) is 5.73 Å². The lowest BCUT2D eigenvalue weighted by Crippen LogP contribution is -2.20. The molecule has 0 atom stereocenters. The van der Waals surface area contributed by atoms with Gasteiger partial charge in [0.2, 0.25) is 0 Å². The fourth-order valence-corrected chi connectivity index (χ4v) is 2.80. The minimum absolute atomic E-state index is 0.187. The summed E-state index contributed by atoms with van der Waals surface area (Å²) in [5, 5.41) is 0. The van der Waals surface area contributed by atoms with Gasteiger partial charge in [0, 0.05) is 11.1 Å². The number of anilines is 1. The lowest BCUT2D eigenvalue weighted by atomic mass is 9.84. The van der Waals surface area contributed by atoms with Gasteiger partial charge in [-0.05, 0) is 62.6 Å². The first-order chi connectivity index (χ1) is 9.88. The Balaban J connectivity index is 2.14. The molecule has 0 aliphatic heterocycles. The van der Waals surface area contributed by atoms with E-state index in [1.54, 1.807) is 0 Å². The second-order valence-electron chi connectivity index (χ2n) is 6.31. The van der Waals surface area contributed by atoms with Crippen LogP contribution in [0, 0.1) is 13.8 Å². The van der Waals surface area contributed by atoms with Crippen molar-refractivity contribution in [3.63, 3.8) is 0 Å². The smallest absolute Gasteiger partial charge is 0.117 e. The Labute approximate surface area is 125 Å². The van der Waals surface area contributed by atoms with E-state index >= 15 is 0 Å². The zero-order valence-electron chi connectivity index (χ0n) is 13.0. The molecule has 2 aromatic carbocycles. The van der Waals surface area contributed by atoms with Gasteiger partial charge in [0.1, 0.15) is 5.82 Å². The number of nitrogens with two attached hydrogens (primary N) is 1. The van der Waals surface area contributed by atoms with Crippen molar-refractivity contribution >= 4 is 16.7 Å². The summed E-state index contributed by atoms with van der Waals surface area (Å²) in [6.07, 6.45) is 0. The molecule has 3 nitrogen and oxygen atoms in total. The molecule has 0 aliphatic carbocycles. The third kappa shape index (κ3) is 2.29. The van der Waals surface area contributed by atoms with Crippen molar-refractivity contribution in [2.45, 2.75) is 33.1 Å². The highest BCUT2D eigenvalue weighted by molar-refractivity contribution is 5.79. The predicted molar refractivity (Wildman–Crippen MR) is 88.6 cm³/mol. The van der Waals surface area contributed by atoms with Gasteiger partial charge in [-0.15, -0.1) is 0 Å². The maximum Gasteiger partial charge on any atom is 0.117 e. The molecule has 108 valence electrons. The average molecular weight is 279 g/mol. The molecule has 3 heteroatoms. The van der Waals surface area contributed by atoms with E-state index in [4.69, 9.17) is 10.7 Å². The van der Waals surface area contributed by atoms with Gasteiger partial charge in [0.25, 0.3) is 0 Å².